The average Bonchev–Trinajstić information content (AvgIpc) is 3.38. The minimum atomic E-state index is -0.407. The number of aryl methyl sites for hydroxylation is 3. The Balaban J connectivity index is 1.58. The normalized spacial score (nSPS) is 11.5. The van der Waals surface area contributed by atoms with Crippen molar-refractivity contribution in [2.24, 2.45) is 5.10 Å². The van der Waals surface area contributed by atoms with E-state index in [4.69, 9.17) is 0 Å². The lowest BCUT2D eigenvalue weighted by atomic mass is 10.2. The number of rotatable bonds is 7. The van der Waals surface area contributed by atoms with E-state index in [1.807, 2.05) is 55.8 Å². The third-order valence-corrected chi connectivity index (χ3v) is 6.15. The molecule has 0 aliphatic heterocycles. The second kappa shape index (κ2) is 8.98. The van der Waals surface area contributed by atoms with Crippen LogP contribution in [-0.4, -0.2) is 45.6 Å². The molecular formula is C21H23N9O2S. The van der Waals surface area contributed by atoms with Gasteiger partial charge in [0.1, 0.15) is 11.4 Å². The first-order chi connectivity index (χ1) is 15.8. The fourth-order valence-electron chi connectivity index (χ4n) is 3.54. The summed E-state index contributed by atoms with van der Waals surface area (Å²) in [6.45, 7) is 9.07. The van der Waals surface area contributed by atoms with Crippen LogP contribution in [0, 0.1) is 44.7 Å². The lowest BCUT2D eigenvalue weighted by Crippen LogP contribution is -2.03. The molecule has 0 spiro atoms. The van der Waals surface area contributed by atoms with Gasteiger partial charge in [-0.1, -0.05) is 30.0 Å². The number of para-hydroxylation sites is 1. The summed E-state index contributed by atoms with van der Waals surface area (Å²) in [7, 11) is 0. The SMILES string of the molecule is Cc1nn(-c2ccccc2)c(C)c1/C=N/n1c(C)nnc1SCn1nc(C)c([N+](=O)[O-])c1C. The number of benzene rings is 1. The molecule has 12 heteroatoms. The fourth-order valence-corrected chi connectivity index (χ4v) is 4.42. The van der Waals surface area contributed by atoms with Crippen molar-refractivity contribution in [2.75, 3.05) is 0 Å². The molecule has 1 aromatic carbocycles. The van der Waals surface area contributed by atoms with Gasteiger partial charge in [-0.05, 0) is 46.8 Å². The van der Waals surface area contributed by atoms with Crippen molar-refractivity contribution >= 4 is 23.7 Å². The highest BCUT2D eigenvalue weighted by molar-refractivity contribution is 7.98. The van der Waals surface area contributed by atoms with Crippen molar-refractivity contribution in [3.05, 3.63) is 74.6 Å². The minimum absolute atomic E-state index is 0.0349. The zero-order valence-electron chi connectivity index (χ0n) is 18.9. The Morgan fingerprint density at radius 1 is 1.03 bits per heavy atom. The molecule has 11 nitrogen and oxygen atoms in total. The molecule has 0 atom stereocenters. The Labute approximate surface area is 194 Å². The van der Waals surface area contributed by atoms with Crippen LogP contribution in [0.5, 0.6) is 0 Å². The van der Waals surface area contributed by atoms with Gasteiger partial charge in [-0.15, -0.1) is 10.2 Å². The number of aromatic nitrogens is 7. The highest BCUT2D eigenvalue weighted by Crippen LogP contribution is 2.26. The highest BCUT2D eigenvalue weighted by atomic mass is 32.2. The van der Waals surface area contributed by atoms with Crippen LogP contribution in [0.15, 0.2) is 40.6 Å². The average molecular weight is 466 g/mol. The predicted octanol–water partition coefficient (Wildman–Crippen LogP) is 3.74. The minimum Gasteiger partial charge on any atom is -0.258 e. The summed E-state index contributed by atoms with van der Waals surface area (Å²) < 4.78 is 5.12. The van der Waals surface area contributed by atoms with Crippen molar-refractivity contribution in [1.29, 1.82) is 0 Å². The van der Waals surface area contributed by atoms with Gasteiger partial charge in [-0.25, -0.2) is 4.68 Å². The predicted molar refractivity (Wildman–Crippen MR) is 125 cm³/mol. The summed E-state index contributed by atoms with van der Waals surface area (Å²) in [4.78, 5) is 10.8. The third-order valence-electron chi connectivity index (χ3n) is 5.26. The van der Waals surface area contributed by atoms with Crippen LogP contribution >= 0.6 is 11.8 Å². The highest BCUT2D eigenvalue weighted by Gasteiger charge is 2.22. The largest absolute Gasteiger partial charge is 0.312 e. The molecule has 0 radical (unpaired) electrons. The van der Waals surface area contributed by atoms with Crippen LogP contribution in [0.4, 0.5) is 5.69 Å². The molecule has 0 aliphatic carbocycles. The van der Waals surface area contributed by atoms with Gasteiger partial charge >= 0.3 is 5.69 Å². The first-order valence-electron chi connectivity index (χ1n) is 10.2. The molecule has 0 amide bonds. The maximum absolute atomic E-state index is 11.2. The molecule has 0 saturated carbocycles. The van der Waals surface area contributed by atoms with E-state index in [1.54, 1.807) is 29.4 Å². The first-order valence-corrected chi connectivity index (χ1v) is 11.2. The zero-order valence-corrected chi connectivity index (χ0v) is 19.7. The Bertz CT molecular complexity index is 1350. The van der Waals surface area contributed by atoms with Gasteiger partial charge in [0.05, 0.1) is 34.1 Å². The van der Waals surface area contributed by atoms with Crippen molar-refractivity contribution < 1.29 is 4.92 Å². The monoisotopic (exact) mass is 465 g/mol. The Kier molecular flexibility index (Phi) is 6.09. The topological polar surface area (TPSA) is 122 Å². The van der Waals surface area contributed by atoms with Gasteiger partial charge in [0.15, 0.2) is 5.82 Å². The molecule has 0 aliphatic rings. The molecule has 4 aromatic rings. The number of nitrogens with zero attached hydrogens (tertiary/aromatic N) is 9. The molecule has 0 N–H and O–H groups in total. The number of thioether (sulfide) groups is 1. The molecule has 3 heterocycles. The smallest absolute Gasteiger partial charge is 0.258 e. The van der Waals surface area contributed by atoms with E-state index in [0.29, 0.717) is 28.2 Å². The van der Waals surface area contributed by atoms with E-state index < -0.39 is 4.92 Å². The van der Waals surface area contributed by atoms with Gasteiger partial charge < -0.3 is 0 Å². The van der Waals surface area contributed by atoms with E-state index in [-0.39, 0.29) is 5.69 Å². The second-order valence-electron chi connectivity index (χ2n) is 7.47. The Hall–Kier alpha value is -3.80. The fraction of sp³-hybridized carbons (Fsp3) is 0.286. The van der Waals surface area contributed by atoms with Gasteiger partial charge in [0, 0.05) is 5.56 Å². The van der Waals surface area contributed by atoms with E-state index in [2.05, 4.69) is 25.5 Å². The van der Waals surface area contributed by atoms with Crippen molar-refractivity contribution in [2.45, 2.75) is 45.7 Å². The maximum atomic E-state index is 11.2. The maximum Gasteiger partial charge on any atom is 0.312 e. The molecular weight excluding hydrogens is 442 g/mol. The van der Waals surface area contributed by atoms with E-state index in [1.165, 1.54) is 11.8 Å². The molecule has 0 unspecified atom stereocenters. The molecule has 33 heavy (non-hydrogen) atoms. The summed E-state index contributed by atoms with van der Waals surface area (Å²) in [5, 5.41) is 33.7. The second-order valence-corrected chi connectivity index (χ2v) is 8.38. The van der Waals surface area contributed by atoms with Gasteiger partial charge in [0.2, 0.25) is 5.16 Å². The van der Waals surface area contributed by atoms with Crippen molar-refractivity contribution in [3.8, 4) is 5.69 Å². The van der Waals surface area contributed by atoms with Crippen LogP contribution in [0.2, 0.25) is 0 Å². The van der Waals surface area contributed by atoms with E-state index in [0.717, 1.165) is 22.6 Å². The van der Waals surface area contributed by atoms with Crippen molar-refractivity contribution in [1.82, 2.24) is 34.4 Å². The number of nitro groups is 1. The summed E-state index contributed by atoms with van der Waals surface area (Å²) in [5.74, 6) is 0.969. The molecule has 4 rings (SSSR count). The first kappa shape index (κ1) is 22.4. The Morgan fingerprint density at radius 2 is 1.76 bits per heavy atom. The molecule has 0 saturated heterocycles. The van der Waals surface area contributed by atoms with Crippen LogP contribution in [0.3, 0.4) is 0 Å². The van der Waals surface area contributed by atoms with E-state index >= 15 is 0 Å². The number of hydrogen-bond donors (Lipinski definition) is 0. The molecule has 0 bridgehead atoms. The van der Waals surface area contributed by atoms with Crippen LogP contribution in [0.25, 0.3) is 5.69 Å². The van der Waals surface area contributed by atoms with Gasteiger partial charge in [-0.3, -0.25) is 14.8 Å². The summed E-state index contributed by atoms with van der Waals surface area (Å²) in [5.41, 5.74) is 4.64. The lowest BCUT2D eigenvalue weighted by molar-refractivity contribution is -0.386. The van der Waals surface area contributed by atoms with Crippen LogP contribution in [-0.2, 0) is 5.88 Å². The summed E-state index contributed by atoms with van der Waals surface area (Å²) in [6.07, 6.45) is 1.76. The quantitative estimate of drug-likeness (QED) is 0.176. The zero-order chi connectivity index (χ0) is 23.7. The third kappa shape index (κ3) is 4.29. The lowest BCUT2D eigenvalue weighted by Gasteiger charge is -2.05. The van der Waals surface area contributed by atoms with Gasteiger partial charge in [-0.2, -0.15) is 20.0 Å². The van der Waals surface area contributed by atoms with E-state index in [9.17, 15) is 10.1 Å². The molecule has 170 valence electrons. The molecule has 3 aromatic heterocycles. The molecule has 0 fully saturated rings. The summed E-state index contributed by atoms with van der Waals surface area (Å²) in [6, 6.07) is 9.92. The van der Waals surface area contributed by atoms with Crippen LogP contribution < -0.4 is 0 Å². The standard InChI is InChI=1S/C21H23N9O2S/c1-13-19(15(3)28(26-13)18-9-7-6-8-10-18)11-22-29-17(5)23-24-21(29)33-12-27-16(4)20(30(31)32)14(2)25-27/h6-11H,12H2,1-5H3/b22-11+. The number of hydrogen-bond acceptors (Lipinski definition) is 8. The van der Waals surface area contributed by atoms with Crippen LogP contribution in [0.1, 0.15) is 34.2 Å². The van der Waals surface area contributed by atoms with Gasteiger partial charge in [0.25, 0.3) is 0 Å². The Morgan fingerprint density at radius 3 is 2.42 bits per heavy atom. The summed E-state index contributed by atoms with van der Waals surface area (Å²) >= 11 is 1.35. The van der Waals surface area contributed by atoms with Crippen molar-refractivity contribution in [3.63, 3.8) is 0 Å².